The molecule has 1 atom stereocenters. The van der Waals surface area contributed by atoms with Gasteiger partial charge in [0.1, 0.15) is 5.82 Å². The first-order chi connectivity index (χ1) is 11.5. The molecule has 0 saturated carbocycles. The molecule has 2 aromatic rings. The van der Waals surface area contributed by atoms with Crippen LogP contribution in [0.3, 0.4) is 0 Å². The molecule has 1 saturated heterocycles. The van der Waals surface area contributed by atoms with Crippen LogP contribution < -0.4 is 11.2 Å². The van der Waals surface area contributed by atoms with Crippen LogP contribution in [0.1, 0.15) is 6.92 Å². The fourth-order valence-corrected chi connectivity index (χ4v) is 3.13. The Balaban J connectivity index is 1.78. The lowest BCUT2D eigenvalue weighted by atomic mass is 10.2. The molecule has 1 fully saturated rings. The molecule has 1 aliphatic heterocycles. The molecule has 10 heteroatoms. The minimum Gasteiger partial charge on any atom is -0.336 e. The molecule has 0 spiro atoms. The first-order valence-corrected chi connectivity index (χ1v) is 8.08. The molecule has 0 radical (unpaired) electrons. The second-order valence-corrected chi connectivity index (χ2v) is 6.45. The molecule has 24 heavy (non-hydrogen) atoms. The normalized spacial score (nSPS) is 15.4. The highest BCUT2D eigenvalue weighted by Crippen LogP contribution is 2.27. The number of hydrogen-bond acceptors (Lipinski definition) is 6. The van der Waals surface area contributed by atoms with E-state index in [1.807, 2.05) is 0 Å². The van der Waals surface area contributed by atoms with Gasteiger partial charge in [-0.05, 0) is 19.1 Å². The number of nitrogens with one attached hydrogen (secondary N) is 1. The molecular formula is C14H15FN6O2S. The highest BCUT2D eigenvalue weighted by atomic mass is 32.2. The van der Waals surface area contributed by atoms with Crippen LogP contribution in [-0.4, -0.2) is 50.1 Å². The van der Waals surface area contributed by atoms with Crippen LogP contribution in [0.25, 0.3) is 11.4 Å². The summed E-state index contributed by atoms with van der Waals surface area (Å²) in [5.74, 6) is 5.29. The molecule has 1 aromatic heterocycles. The Morgan fingerprint density at radius 3 is 2.83 bits per heavy atom. The third-order valence-corrected chi connectivity index (χ3v) is 4.58. The van der Waals surface area contributed by atoms with E-state index in [1.165, 1.54) is 6.07 Å². The third-order valence-electron chi connectivity index (χ3n) is 3.53. The second kappa shape index (κ2) is 6.48. The standard InChI is InChI=1S/C14H15FN6O2S/c1-8(12(22)20-7-6-17-13(20)23)24-14-19-18-11(21(14)16)9-4-2-3-5-10(9)15/h2-5,8H,6-7,16H2,1H3,(H,17,23)/t8-/m0/s1. The number of hydrogen-bond donors (Lipinski definition) is 2. The average Bonchev–Trinajstić information content (AvgIpc) is 3.14. The van der Waals surface area contributed by atoms with Crippen LogP contribution in [0.2, 0.25) is 0 Å². The highest BCUT2D eigenvalue weighted by molar-refractivity contribution is 8.00. The fraction of sp³-hybridized carbons (Fsp3) is 0.286. The van der Waals surface area contributed by atoms with E-state index in [-0.39, 0.29) is 22.5 Å². The maximum absolute atomic E-state index is 13.9. The number of thioether (sulfide) groups is 1. The highest BCUT2D eigenvalue weighted by Gasteiger charge is 2.31. The molecule has 1 aliphatic rings. The molecule has 2 heterocycles. The summed E-state index contributed by atoms with van der Waals surface area (Å²) in [7, 11) is 0. The third kappa shape index (κ3) is 2.92. The van der Waals surface area contributed by atoms with Crippen LogP contribution >= 0.6 is 11.8 Å². The van der Waals surface area contributed by atoms with Gasteiger partial charge in [0.2, 0.25) is 11.1 Å². The summed E-state index contributed by atoms with van der Waals surface area (Å²) in [5.41, 5.74) is 0.220. The molecule has 0 aliphatic carbocycles. The van der Waals surface area contributed by atoms with Gasteiger partial charge in [0.05, 0.1) is 10.8 Å². The van der Waals surface area contributed by atoms with Gasteiger partial charge < -0.3 is 11.2 Å². The first-order valence-electron chi connectivity index (χ1n) is 7.20. The number of nitrogens with zero attached hydrogens (tertiary/aromatic N) is 4. The molecule has 0 bridgehead atoms. The van der Waals surface area contributed by atoms with Crippen molar-refractivity contribution in [2.45, 2.75) is 17.3 Å². The van der Waals surface area contributed by atoms with Gasteiger partial charge in [-0.2, -0.15) is 0 Å². The van der Waals surface area contributed by atoms with Gasteiger partial charge >= 0.3 is 6.03 Å². The van der Waals surface area contributed by atoms with Crippen molar-refractivity contribution < 1.29 is 14.0 Å². The van der Waals surface area contributed by atoms with E-state index < -0.39 is 17.1 Å². The molecule has 1 aromatic carbocycles. The van der Waals surface area contributed by atoms with E-state index in [1.54, 1.807) is 25.1 Å². The second-order valence-electron chi connectivity index (χ2n) is 5.14. The summed E-state index contributed by atoms with van der Waals surface area (Å²) < 4.78 is 15.0. The van der Waals surface area contributed by atoms with Gasteiger partial charge in [0, 0.05) is 13.1 Å². The summed E-state index contributed by atoms with van der Waals surface area (Å²) in [6, 6.07) is 5.66. The van der Waals surface area contributed by atoms with E-state index in [4.69, 9.17) is 5.84 Å². The zero-order chi connectivity index (χ0) is 17.3. The number of halogens is 1. The SMILES string of the molecule is C[C@H](Sc1nnc(-c2ccccc2F)n1N)C(=O)N1CCNC1=O. The van der Waals surface area contributed by atoms with Crippen molar-refractivity contribution in [3.05, 3.63) is 30.1 Å². The van der Waals surface area contributed by atoms with Crippen LogP contribution in [0.15, 0.2) is 29.4 Å². The maximum atomic E-state index is 13.9. The molecule has 3 rings (SSSR count). The molecule has 8 nitrogen and oxygen atoms in total. The number of amides is 3. The lowest BCUT2D eigenvalue weighted by molar-refractivity contribution is -0.126. The smallest absolute Gasteiger partial charge is 0.324 e. The number of benzene rings is 1. The minimum atomic E-state index is -0.589. The Kier molecular flexibility index (Phi) is 4.38. The van der Waals surface area contributed by atoms with Gasteiger partial charge in [-0.1, -0.05) is 23.9 Å². The van der Waals surface area contributed by atoms with Gasteiger partial charge in [-0.15, -0.1) is 10.2 Å². The van der Waals surface area contributed by atoms with Crippen molar-refractivity contribution in [3.8, 4) is 11.4 Å². The number of nitrogens with two attached hydrogens (primary N) is 1. The summed E-state index contributed by atoms with van der Waals surface area (Å²) >= 11 is 1.06. The number of rotatable bonds is 4. The number of carbonyl (C=O) groups excluding carboxylic acids is 2. The van der Waals surface area contributed by atoms with E-state index in [2.05, 4.69) is 15.5 Å². The number of imide groups is 1. The Hall–Kier alpha value is -2.62. The average molecular weight is 350 g/mol. The van der Waals surface area contributed by atoms with Crippen molar-refractivity contribution in [2.24, 2.45) is 0 Å². The van der Waals surface area contributed by atoms with Crippen LogP contribution in [0.4, 0.5) is 9.18 Å². The lowest BCUT2D eigenvalue weighted by Gasteiger charge is -2.16. The van der Waals surface area contributed by atoms with Gasteiger partial charge in [-0.25, -0.2) is 13.9 Å². The van der Waals surface area contributed by atoms with E-state index in [9.17, 15) is 14.0 Å². The predicted molar refractivity (Wildman–Crippen MR) is 86.0 cm³/mol. The fourth-order valence-electron chi connectivity index (χ4n) is 2.29. The Labute approximate surface area is 141 Å². The Morgan fingerprint density at radius 1 is 1.42 bits per heavy atom. The van der Waals surface area contributed by atoms with E-state index >= 15 is 0 Å². The van der Waals surface area contributed by atoms with Crippen molar-refractivity contribution >= 4 is 23.7 Å². The molecule has 3 N–H and O–H groups in total. The molecule has 126 valence electrons. The molecule has 3 amide bonds. The van der Waals surface area contributed by atoms with E-state index in [0.29, 0.717) is 13.1 Å². The van der Waals surface area contributed by atoms with Gasteiger partial charge in [0.15, 0.2) is 5.82 Å². The summed E-state index contributed by atoms with van der Waals surface area (Å²) in [6.07, 6.45) is 0. The van der Waals surface area contributed by atoms with Crippen molar-refractivity contribution in [1.29, 1.82) is 0 Å². The van der Waals surface area contributed by atoms with Crippen LogP contribution in [0.5, 0.6) is 0 Å². The molecule has 0 unspecified atom stereocenters. The number of carbonyl (C=O) groups is 2. The number of aromatic nitrogens is 3. The first kappa shape index (κ1) is 16.2. The van der Waals surface area contributed by atoms with Gasteiger partial charge in [-0.3, -0.25) is 9.69 Å². The Bertz CT molecular complexity index is 795. The summed E-state index contributed by atoms with van der Waals surface area (Å²) in [5, 5.41) is 10.0. The number of urea groups is 1. The van der Waals surface area contributed by atoms with Crippen molar-refractivity contribution in [1.82, 2.24) is 25.1 Å². The Morgan fingerprint density at radius 2 is 2.17 bits per heavy atom. The zero-order valence-corrected chi connectivity index (χ0v) is 13.6. The van der Waals surface area contributed by atoms with Crippen molar-refractivity contribution in [2.75, 3.05) is 18.9 Å². The number of nitrogen functional groups attached to an aromatic ring is 1. The monoisotopic (exact) mass is 350 g/mol. The quantitative estimate of drug-likeness (QED) is 0.625. The van der Waals surface area contributed by atoms with Crippen LogP contribution in [0, 0.1) is 5.82 Å². The molecular weight excluding hydrogens is 335 g/mol. The minimum absolute atomic E-state index is 0.161. The van der Waals surface area contributed by atoms with Gasteiger partial charge in [0.25, 0.3) is 0 Å². The van der Waals surface area contributed by atoms with Crippen LogP contribution in [-0.2, 0) is 4.79 Å². The predicted octanol–water partition coefficient (Wildman–Crippen LogP) is 0.830. The van der Waals surface area contributed by atoms with E-state index in [0.717, 1.165) is 21.3 Å². The zero-order valence-electron chi connectivity index (χ0n) is 12.8. The summed E-state index contributed by atoms with van der Waals surface area (Å²) in [4.78, 5) is 25.0. The van der Waals surface area contributed by atoms with Crippen molar-refractivity contribution in [3.63, 3.8) is 0 Å². The maximum Gasteiger partial charge on any atom is 0.324 e. The largest absolute Gasteiger partial charge is 0.336 e. The topological polar surface area (TPSA) is 106 Å². The lowest BCUT2D eigenvalue weighted by Crippen LogP contribution is -2.39. The summed E-state index contributed by atoms with van der Waals surface area (Å²) in [6.45, 7) is 2.42.